The van der Waals surface area contributed by atoms with Crippen molar-refractivity contribution in [1.82, 2.24) is 5.32 Å². The third-order valence-electron chi connectivity index (χ3n) is 2.33. The first-order chi connectivity index (χ1) is 8.23. The van der Waals surface area contributed by atoms with Crippen molar-refractivity contribution in [3.63, 3.8) is 0 Å². The Bertz CT molecular complexity index is 423. The molecule has 0 bridgehead atoms. The van der Waals surface area contributed by atoms with E-state index in [0.29, 0.717) is 0 Å². The number of benzene rings is 1. The lowest BCUT2D eigenvalue weighted by Crippen LogP contribution is -2.40. The van der Waals surface area contributed by atoms with Crippen LogP contribution in [0.4, 0.5) is 13.2 Å². The second-order valence-corrected chi connectivity index (χ2v) is 4.33. The summed E-state index contributed by atoms with van der Waals surface area (Å²) in [5.74, 6) is -2.80. The highest BCUT2D eigenvalue weighted by atomic mass is 19.1. The van der Waals surface area contributed by atoms with E-state index in [9.17, 15) is 23.1 Å². The standard InChI is InChI=1S/C12H14F3NO2/c1-12(2,15)11(18)16-6-9(17)10-7(13)4-3-5-8(10)14/h3-5,9,17H,6H2,1-2H3,(H,16,18). The number of aliphatic hydroxyl groups is 1. The van der Waals surface area contributed by atoms with Crippen molar-refractivity contribution in [2.75, 3.05) is 6.54 Å². The van der Waals surface area contributed by atoms with Gasteiger partial charge in [-0.15, -0.1) is 0 Å². The molecule has 18 heavy (non-hydrogen) atoms. The molecule has 1 aromatic carbocycles. The molecule has 0 heterocycles. The summed E-state index contributed by atoms with van der Waals surface area (Å²) in [5.41, 5.74) is -2.66. The van der Waals surface area contributed by atoms with Gasteiger partial charge in [0.1, 0.15) is 17.7 Å². The molecule has 0 saturated heterocycles. The third-order valence-corrected chi connectivity index (χ3v) is 2.33. The van der Waals surface area contributed by atoms with Crippen LogP contribution in [0, 0.1) is 11.6 Å². The fourth-order valence-corrected chi connectivity index (χ4v) is 1.33. The molecule has 0 aliphatic rings. The predicted molar refractivity (Wildman–Crippen MR) is 59.5 cm³/mol. The summed E-state index contributed by atoms with van der Waals surface area (Å²) in [6, 6.07) is 3.13. The average Bonchev–Trinajstić information content (AvgIpc) is 2.24. The highest BCUT2D eigenvalue weighted by Gasteiger charge is 2.27. The fraction of sp³-hybridized carbons (Fsp3) is 0.417. The molecule has 1 atom stereocenters. The maximum atomic E-state index is 13.3. The summed E-state index contributed by atoms with van der Waals surface area (Å²) in [7, 11) is 0. The molecule has 6 heteroatoms. The van der Waals surface area contributed by atoms with Crippen LogP contribution in [0.2, 0.25) is 0 Å². The number of hydrogen-bond donors (Lipinski definition) is 2. The van der Waals surface area contributed by atoms with Crippen LogP contribution in [-0.2, 0) is 4.79 Å². The number of aliphatic hydroxyl groups excluding tert-OH is 1. The Morgan fingerprint density at radius 2 is 1.89 bits per heavy atom. The van der Waals surface area contributed by atoms with Crippen LogP contribution in [0.3, 0.4) is 0 Å². The van der Waals surface area contributed by atoms with E-state index in [4.69, 9.17) is 0 Å². The molecular weight excluding hydrogens is 247 g/mol. The zero-order valence-corrected chi connectivity index (χ0v) is 10.0. The first kappa shape index (κ1) is 14.5. The van der Waals surface area contributed by atoms with Crippen molar-refractivity contribution in [1.29, 1.82) is 0 Å². The first-order valence-corrected chi connectivity index (χ1v) is 5.32. The van der Waals surface area contributed by atoms with E-state index in [2.05, 4.69) is 5.32 Å². The molecule has 1 rings (SSSR count). The van der Waals surface area contributed by atoms with Crippen LogP contribution in [0.1, 0.15) is 25.5 Å². The molecule has 2 N–H and O–H groups in total. The van der Waals surface area contributed by atoms with Crippen LogP contribution in [0.25, 0.3) is 0 Å². The van der Waals surface area contributed by atoms with Gasteiger partial charge in [-0.2, -0.15) is 0 Å². The van der Waals surface area contributed by atoms with Crippen molar-refractivity contribution in [2.45, 2.75) is 25.6 Å². The largest absolute Gasteiger partial charge is 0.386 e. The number of amides is 1. The Balaban J connectivity index is 2.72. The Hall–Kier alpha value is -1.56. The molecule has 0 radical (unpaired) electrons. The fourth-order valence-electron chi connectivity index (χ4n) is 1.33. The monoisotopic (exact) mass is 261 g/mol. The molecule has 0 aliphatic heterocycles. The van der Waals surface area contributed by atoms with Gasteiger partial charge in [0.05, 0.1) is 5.56 Å². The Morgan fingerprint density at radius 1 is 1.39 bits per heavy atom. The summed E-state index contributed by atoms with van der Waals surface area (Å²) in [6.45, 7) is 1.61. The summed E-state index contributed by atoms with van der Waals surface area (Å²) in [4.78, 5) is 11.2. The number of carbonyl (C=O) groups excluding carboxylic acids is 1. The minimum Gasteiger partial charge on any atom is -0.386 e. The summed E-state index contributed by atoms with van der Waals surface area (Å²) >= 11 is 0. The van der Waals surface area contributed by atoms with Gasteiger partial charge in [0.15, 0.2) is 5.67 Å². The number of carbonyl (C=O) groups is 1. The van der Waals surface area contributed by atoms with Crippen LogP contribution in [-0.4, -0.2) is 23.2 Å². The quantitative estimate of drug-likeness (QED) is 0.869. The Labute approximate surface area is 103 Å². The normalized spacial score (nSPS) is 13.2. The average molecular weight is 261 g/mol. The first-order valence-electron chi connectivity index (χ1n) is 5.32. The minimum atomic E-state index is -2.12. The van der Waals surface area contributed by atoms with Gasteiger partial charge in [-0.25, -0.2) is 13.2 Å². The van der Waals surface area contributed by atoms with E-state index in [-0.39, 0.29) is 0 Å². The second-order valence-electron chi connectivity index (χ2n) is 4.33. The molecule has 1 amide bonds. The van der Waals surface area contributed by atoms with E-state index >= 15 is 0 Å². The van der Waals surface area contributed by atoms with Gasteiger partial charge in [0.2, 0.25) is 0 Å². The number of hydrogen-bond acceptors (Lipinski definition) is 2. The molecule has 3 nitrogen and oxygen atoms in total. The lowest BCUT2D eigenvalue weighted by atomic mass is 10.1. The number of alkyl halides is 1. The van der Waals surface area contributed by atoms with E-state index < -0.39 is 41.4 Å². The molecule has 0 saturated carbocycles. The van der Waals surface area contributed by atoms with Gasteiger partial charge < -0.3 is 10.4 Å². The zero-order chi connectivity index (χ0) is 13.9. The van der Waals surface area contributed by atoms with Crippen molar-refractivity contribution >= 4 is 5.91 Å². The van der Waals surface area contributed by atoms with E-state index in [1.807, 2.05) is 0 Å². The van der Waals surface area contributed by atoms with Gasteiger partial charge in [0, 0.05) is 6.54 Å². The topological polar surface area (TPSA) is 49.3 Å². The lowest BCUT2D eigenvalue weighted by Gasteiger charge is -2.17. The Kier molecular flexibility index (Phi) is 4.34. The molecule has 0 aliphatic carbocycles. The van der Waals surface area contributed by atoms with Crippen molar-refractivity contribution in [3.05, 3.63) is 35.4 Å². The maximum absolute atomic E-state index is 13.3. The van der Waals surface area contributed by atoms with Gasteiger partial charge in [0.25, 0.3) is 5.91 Å². The van der Waals surface area contributed by atoms with E-state index in [0.717, 1.165) is 32.0 Å². The van der Waals surface area contributed by atoms with Crippen molar-refractivity contribution in [2.24, 2.45) is 0 Å². The lowest BCUT2D eigenvalue weighted by molar-refractivity contribution is -0.131. The smallest absolute Gasteiger partial charge is 0.257 e. The molecule has 1 unspecified atom stereocenters. The molecule has 0 spiro atoms. The van der Waals surface area contributed by atoms with Crippen LogP contribution >= 0.6 is 0 Å². The van der Waals surface area contributed by atoms with E-state index in [1.54, 1.807) is 0 Å². The zero-order valence-electron chi connectivity index (χ0n) is 10.0. The molecule has 0 aromatic heterocycles. The SMILES string of the molecule is CC(C)(F)C(=O)NCC(O)c1c(F)cccc1F. The van der Waals surface area contributed by atoms with Gasteiger partial charge in [-0.1, -0.05) is 6.07 Å². The summed E-state index contributed by atoms with van der Waals surface area (Å²) in [5, 5.41) is 11.7. The highest BCUT2D eigenvalue weighted by molar-refractivity contribution is 5.84. The van der Waals surface area contributed by atoms with E-state index in [1.165, 1.54) is 0 Å². The van der Waals surface area contributed by atoms with Crippen LogP contribution in [0.15, 0.2) is 18.2 Å². The predicted octanol–water partition coefficient (Wildman–Crippen LogP) is 1.86. The van der Waals surface area contributed by atoms with Crippen molar-refractivity contribution < 1.29 is 23.1 Å². The Morgan fingerprint density at radius 3 is 2.33 bits per heavy atom. The third kappa shape index (κ3) is 3.46. The molecular formula is C12H14F3NO2. The highest BCUT2D eigenvalue weighted by Crippen LogP contribution is 2.20. The molecule has 1 aromatic rings. The van der Waals surface area contributed by atoms with Gasteiger partial charge in [-0.3, -0.25) is 4.79 Å². The van der Waals surface area contributed by atoms with Gasteiger partial charge >= 0.3 is 0 Å². The van der Waals surface area contributed by atoms with Crippen LogP contribution < -0.4 is 5.32 Å². The van der Waals surface area contributed by atoms with Gasteiger partial charge in [-0.05, 0) is 26.0 Å². The number of rotatable bonds is 4. The summed E-state index contributed by atoms with van der Waals surface area (Å²) < 4.78 is 39.7. The van der Waals surface area contributed by atoms with Crippen LogP contribution in [0.5, 0.6) is 0 Å². The minimum absolute atomic E-state index is 0.468. The molecule has 0 fully saturated rings. The summed E-state index contributed by atoms with van der Waals surface area (Å²) in [6.07, 6.45) is -1.57. The number of halogens is 3. The maximum Gasteiger partial charge on any atom is 0.257 e. The van der Waals surface area contributed by atoms with Crippen molar-refractivity contribution in [3.8, 4) is 0 Å². The second kappa shape index (κ2) is 5.39. The number of nitrogens with one attached hydrogen (secondary N) is 1. The molecule has 100 valence electrons.